The van der Waals surface area contributed by atoms with Gasteiger partial charge in [0.25, 0.3) is 0 Å². The molecule has 58 valence electrons. The van der Waals surface area contributed by atoms with Gasteiger partial charge in [0.2, 0.25) is 5.91 Å². The Morgan fingerprint density at radius 2 is 2.30 bits per heavy atom. The predicted octanol–water partition coefficient (Wildman–Crippen LogP) is -0.140. The minimum atomic E-state index is -0.234. The van der Waals surface area contributed by atoms with Crippen LogP contribution < -0.4 is 11.1 Å². The van der Waals surface area contributed by atoms with Crippen LogP contribution in [0.25, 0.3) is 0 Å². The van der Waals surface area contributed by atoms with E-state index in [9.17, 15) is 4.79 Å². The lowest BCUT2D eigenvalue weighted by Crippen LogP contribution is -2.44. The maximum absolute atomic E-state index is 10.8. The van der Waals surface area contributed by atoms with Crippen LogP contribution >= 0.6 is 0 Å². The zero-order chi connectivity index (χ0) is 7.78. The minimum Gasteiger partial charge on any atom is -0.368 e. The van der Waals surface area contributed by atoms with Crippen LogP contribution in [0, 0.1) is 5.41 Å². The molecule has 0 saturated carbocycles. The van der Waals surface area contributed by atoms with Gasteiger partial charge in [0.15, 0.2) is 0 Å². The molecule has 1 aliphatic heterocycles. The number of rotatable bonds is 1. The third kappa shape index (κ3) is 1.14. The van der Waals surface area contributed by atoms with Gasteiger partial charge < -0.3 is 11.1 Å². The summed E-state index contributed by atoms with van der Waals surface area (Å²) in [6, 6.07) is -0.132. The number of amides is 1. The van der Waals surface area contributed by atoms with Crippen LogP contribution in [0.5, 0.6) is 0 Å². The normalized spacial score (nSPS) is 30.4. The molecule has 1 rings (SSSR count). The second-order valence-corrected chi connectivity index (χ2v) is 3.53. The van der Waals surface area contributed by atoms with Gasteiger partial charge >= 0.3 is 0 Å². The molecule has 0 bridgehead atoms. The van der Waals surface area contributed by atoms with Crippen molar-refractivity contribution in [2.45, 2.75) is 26.3 Å². The summed E-state index contributed by atoms with van der Waals surface area (Å²) in [6.45, 7) is 5.02. The van der Waals surface area contributed by atoms with Gasteiger partial charge in [-0.1, -0.05) is 13.8 Å². The summed E-state index contributed by atoms with van der Waals surface area (Å²) < 4.78 is 0. The van der Waals surface area contributed by atoms with Crippen molar-refractivity contribution >= 4 is 5.91 Å². The van der Waals surface area contributed by atoms with Crippen molar-refractivity contribution in [1.29, 1.82) is 0 Å². The highest BCUT2D eigenvalue weighted by atomic mass is 16.1. The van der Waals surface area contributed by atoms with E-state index in [0.29, 0.717) is 0 Å². The lowest BCUT2D eigenvalue weighted by atomic mass is 9.85. The first kappa shape index (κ1) is 7.54. The van der Waals surface area contributed by atoms with Crippen molar-refractivity contribution < 1.29 is 4.79 Å². The Morgan fingerprint density at radius 1 is 1.70 bits per heavy atom. The third-order valence-electron chi connectivity index (χ3n) is 2.18. The van der Waals surface area contributed by atoms with Gasteiger partial charge in [0.1, 0.15) is 0 Å². The van der Waals surface area contributed by atoms with Crippen LogP contribution in [0.1, 0.15) is 20.3 Å². The molecule has 1 fully saturated rings. The number of nitrogens with one attached hydrogen (secondary N) is 1. The molecule has 1 atom stereocenters. The number of carbonyl (C=O) groups is 1. The highest BCUT2D eigenvalue weighted by Gasteiger charge is 2.37. The lowest BCUT2D eigenvalue weighted by Gasteiger charge is -2.22. The number of hydrogen-bond donors (Lipinski definition) is 2. The van der Waals surface area contributed by atoms with Crippen LogP contribution in [0.15, 0.2) is 0 Å². The average molecular weight is 142 g/mol. The Hall–Kier alpha value is -0.570. The standard InChI is InChI=1S/C7H14N2O/c1-7(2)3-4-9-5(7)6(8)10/h5,9H,3-4H2,1-2H3,(H2,8,10). The van der Waals surface area contributed by atoms with Crippen molar-refractivity contribution in [2.75, 3.05) is 6.54 Å². The summed E-state index contributed by atoms with van der Waals surface area (Å²) in [6.07, 6.45) is 1.03. The topological polar surface area (TPSA) is 55.1 Å². The zero-order valence-corrected chi connectivity index (χ0v) is 6.48. The molecule has 0 aromatic carbocycles. The molecule has 0 radical (unpaired) electrons. The highest BCUT2D eigenvalue weighted by molar-refractivity contribution is 5.81. The fourth-order valence-electron chi connectivity index (χ4n) is 1.45. The summed E-state index contributed by atoms with van der Waals surface area (Å²) in [5.74, 6) is -0.234. The van der Waals surface area contributed by atoms with Crippen LogP contribution in [0.3, 0.4) is 0 Å². The smallest absolute Gasteiger partial charge is 0.235 e. The maximum Gasteiger partial charge on any atom is 0.235 e. The molecule has 0 aromatic heterocycles. The van der Waals surface area contributed by atoms with Crippen molar-refractivity contribution in [3.63, 3.8) is 0 Å². The third-order valence-corrected chi connectivity index (χ3v) is 2.18. The highest BCUT2D eigenvalue weighted by Crippen LogP contribution is 2.29. The quantitative estimate of drug-likeness (QED) is 0.535. The summed E-state index contributed by atoms with van der Waals surface area (Å²) in [5, 5.41) is 3.07. The molecule has 3 N–H and O–H groups in total. The number of nitrogens with two attached hydrogens (primary N) is 1. The average Bonchev–Trinajstić information content (AvgIpc) is 2.08. The predicted molar refractivity (Wildman–Crippen MR) is 39.4 cm³/mol. The van der Waals surface area contributed by atoms with Gasteiger partial charge in [-0.3, -0.25) is 4.79 Å². The molecule has 1 heterocycles. The van der Waals surface area contributed by atoms with E-state index in [2.05, 4.69) is 19.2 Å². The minimum absolute atomic E-state index is 0.0475. The Bertz CT molecular complexity index is 154. The van der Waals surface area contributed by atoms with E-state index >= 15 is 0 Å². The molecular formula is C7H14N2O. The van der Waals surface area contributed by atoms with Gasteiger partial charge in [0, 0.05) is 0 Å². The fraction of sp³-hybridized carbons (Fsp3) is 0.857. The van der Waals surface area contributed by atoms with Crippen molar-refractivity contribution in [3.05, 3.63) is 0 Å². The summed E-state index contributed by atoms with van der Waals surface area (Å²) >= 11 is 0. The molecule has 3 heteroatoms. The zero-order valence-electron chi connectivity index (χ0n) is 6.48. The van der Waals surface area contributed by atoms with E-state index in [0.717, 1.165) is 13.0 Å². The second kappa shape index (κ2) is 2.23. The molecule has 1 unspecified atom stereocenters. The SMILES string of the molecule is CC1(C)CCNC1C(N)=O. The first-order valence-corrected chi connectivity index (χ1v) is 3.57. The fourth-order valence-corrected chi connectivity index (χ4v) is 1.45. The van der Waals surface area contributed by atoms with E-state index in [1.54, 1.807) is 0 Å². The first-order chi connectivity index (χ1) is 4.54. The Labute approximate surface area is 61.0 Å². The monoisotopic (exact) mass is 142 g/mol. The second-order valence-electron chi connectivity index (χ2n) is 3.53. The van der Waals surface area contributed by atoms with E-state index in [4.69, 9.17) is 5.73 Å². The maximum atomic E-state index is 10.8. The van der Waals surface area contributed by atoms with Crippen LogP contribution in [-0.2, 0) is 4.79 Å². The van der Waals surface area contributed by atoms with Gasteiger partial charge in [-0.2, -0.15) is 0 Å². The van der Waals surface area contributed by atoms with Crippen molar-refractivity contribution in [1.82, 2.24) is 5.32 Å². The molecular weight excluding hydrogens is 128 g/mol. The van der Waals surface area contributed by atoms with Crippen LogP contribution in [0.4, 0.5) is 0 Å². The largest absolute Gasteiger partial charge is 0.368 e. The van der Waals surface area contributed by atoms with Crippen LogP contribution in [0.2, 0.25) is 0 Å². The van der Waals surface area contributed by atoms with Gasteiger partial charge in [-0.15, -0.1) is 0 Å². The molecule has 1 aliphatic rings. The molecule has 0 aliphatic carbocycles. The lowest BCUT2D eigenvalue weighted by molar-refractivity contribution is -0.121. The van der Waals surface area contributed by atoms with E-state index in [1.165, 1.54) is 0 Å². The molecule has 1 saturated heterocycles. The summed E-state index contributed by atoms with van der Waals surface area (Å²) in [5.41, 5.74) is 5.22. The van der Waals surface area contributed by atoms with Gasteiger partial charge in [0.05, 0.1) is 6.04 Å². The van der Waals surface area contributed by atoms with Crippen molar-refractivity contribution in [2.24, 2.45) is 11.1 Å². The van der Waals surface area contributed by atoms with Gasteiger partial charge in [-0.25, -0.2) is 0 Å². The molecule has 0 aromatic rings. The molecule has 10 heavy (non-hydrogen) atoms. The van der Waals surface area contributed by atoms with E-state index in [1.807, 2.05) is 0 Å². The number of carbonyl (C=O) groups excluding carboxylic acids is 1. The van der Waals surface area contributed by atoms with Crippen LogP contribution in [-0.4, -0.2) is 18.5 Å². The first-order valence-electron chi connectivity index (χ1n) is 3.57. The Balaban J connectivity index is 2.68. The van der Waals surface area contributed by atoms with Gasteiger partial charge in [-0.05, 0) is 18.4 Å². The Kier molecular flexibility index (Phi) is 1.68. The van der Waals surface area contributed by atoms with Crippen molar-refractivity contribution in [3.8, 4) is 0 Å². The molecule has 3 nitrogen and oxygen atoms in total. The summed E-state index contributed by atoms with van der Waals surface area (Å²) in [4.78, 5) is 10.8. The van der Waals surface area contributed by atoms with E-state index < -0.39 is 0 Å². The molecule has 0 spiro atoms. The number of primary amides is 1. The number of hydrogen-bond acceptors (Lipinski definition) is 2. The summed E-state index contributed by atoms with van der Waals surface area (Å²) in [7, 11) is 0. The van der Waals surface area contributed by atoms with E-state index in [-0.39, 0.29) is 17.4 Å². The Morgan fingerprint density at radius 3 is 2.50 bits per heavy atom. The molecule has 1 amide bonds.